The lowest BCUT2D eigenvalue weighted by atomic mass is 10.1. The van der Waals surface area contributed by atoms with E-state index in [-0.39, 0.29) is 6.42 Å². The standard InChI is InChI=1S/C19H24N2O4/c1-13(2)11-21-16-10-18(25-12-14-4-6-20-7-5-14)17(24-3)8-15(16)9-19(22)23/h4-8,10,13,21H,9,11-12H2,1-3H3,(H,22,23). The second-order valence-electron chi connectivity index (χ2n) is 6.15. The van der Waals surface area contributed by atoms with Crippen LogP contribution in [0.3, 0.4) is 0 Å². The van der Waals surface area contributed by atoms with Crippen LogP contribution in [-0.4, -0.2) is 29.7 Å². The molecule has 0 spiro atoms. The number of ether oxygens (including phenoxy) is 2. The van der Waals surface area contributed by atoms with Gasteiger partial charge < -0.3 is 19.9 Å². The third kappa shape index (κ3) is 5.67. The van der Waals surface area contributed by atoms with Crippen molar-refractivity contribution in [3.63, 3.8) is 0 Å². The summed E-state index contributed by atoms with van der Waals surface area (Å²) in [6.07, 6.45) is 3.34. The molecule has 1 aromatic carbocycles. The minimum atomic E-state index is -0.889. The third-order valence-corrected chi connectivity index (χ3v) is 3.58. The molecule has 0 radical (unpaired) electrons. The van der Waals surface area contributed by atoms with E-state index in [0.29, 0.717) is 29.6 Å². The van der Waals surface area contributed by atoms with Crippen LogP contribution >= 0.6 is 0 Å². The number of anilines is 1. The van der Waals surface area contributed by atoms with Crippen LogP contribution in [0.25, 0.3) is 0 Å². The molecule has 2 aromatic rings. The van der Waals surface area contributed by atoms with Crippen LogP contribution in [0.5, 0.6) is 11.5 Å². The maximum absolute atomic E-state index is 11.1. The fourth-order valence-electron chi connectivity index (χ4n) is 2.30. The molecule has 0 aliphatic carbocycles. The van der Waals surface area contributed by atoms with Crippen molar-refractivity contribution >= 4 is 11.7 Å². The van der Waals surface area contributed by atoms with Crippen LogP contribution in [0.4, 0.5) is 5.69 Å². The number of methoxy groups -OCH3 is 1. The molecule has 25 heavy (non-hydrogen) atoms. The van der Waals surface area contributed by atoms with Crippen LogP contribution in [0.2, 0.25) is 0 Å². The van der Waals surface area contributed by atoms with E-state index in [1.54, 1.807) is 31.6 Å². The predicted octanol–water partition coefficient (Wildman–Crippen LogP) is 3.36. The highest BCUT2D eigenvalue weighted by Gasteiger charge is 2.14. The van der Waals surface area contributed by atoms with E-state index in [9.17, 15) is 4.79 Å². The Morgan fingerprint density at radius 1 is 1.24 bits per heavy atom. The minimum Gasteiger partial charge on any atom is -0.493 e. The van der Waals surface area contributed by atoms with Gasteiger partial charge in [-0.2, -0.15) is 0 Å². The van der Waals surface area contributed by atoms with Crippen LogP contribution in [-0.2, 0) is 17.8 Å². The molecule has 0 saturated heterocycles. The van der Waals surface area contributed by atoms with Gasteiger partial charge in [-0.15, -0.1) is 0 Å². The van der Waals surface area contributed by atoms with E-state index >= 15 is 0 Å². The smallest absolute Gasteiger partial charge is 0.307 e. The topological polar surface area (TPSA) is 80.7 Å². The Morgan fingerprint density at radius 2 is 1.96 bits per heavy atom. The number of aromatic nitrogens is 1. The van der Waals surface area contributed by atoms with Gasteiger partial charge in [-0.25, -0.2) is 0 Å². The Bertz CT molecular complexity index is 702. The average Bonchev–Trinajstić information content (AvgIpc) is 2.59. The summed E-state index contributed by atoms with van der Waals surface area (Å²) in [5.41, 5.74) is 2.41. The maximum Gasteiger partial charge on any atom is 0.307 e. The Hall–Kier alpha value is -2.76. The first-order valence-electron chi connectivity index (χ1n) is 8.18. The molecule has 0 atom stereocenters. The third-order valence-electron chi connectivity index (χ3n) is 3.58. The quantitative estimate of drug-likeness (QED) is 0.726. The largest absolute Gasteiger partial charge is 0.493 e. The summed E-state index contributed by atoms with van der Waals surface area (Å²) in [6.45, 7) is 5.30. The molecule has 1 heterocycles. The highest BCUT2D eigenvalue weighted by molar-refractivity contribution is 5.75. The zero-order valence-corrected chi connectivity index (χ0v) is 14.8. The Balaban J connectivity index is 2.26. The van der Waals surface area contributed by atoms with Gasteiger partial charge in [0, 0.05) is 30.7 Å². The van der Waals surface area contributed by atoms with Gasteiger partial charge in [-0.1, -0.05) is 13.8 Å². The Morgan fingerprint density at radius 3 is 2.56 bits per heavy atom. The second kappa shape index (κ2) is 8.92. The van der Waals surface area contributed by atoms with Gasteiger partial charge in [0.15, 0.2) is 11.5 Å². The molecule has 134 valence electrons. The first-order valence-corrected chi connectivity index (χ1v) is 8.18. The number of nitrogens with one attached hydrogen (secondary N) is 1. The number of nitrogens with zero attached hydrogens (tertiary/aromatic N) is 1. The van der Waals surface area contributed by atoms with Gasteiger partial charge in [-0.3, -0.25) is 9.78 Å². The molecule has 0 unspecified atom stereocenters. The fourth-order valence-corrected chi connectivity index (χ4v) is 2.30. The number of carbonyl (C=O) groups is 1. The van der Waals surface area contributed by atoms with Gasteiger partial charge >= 0.3 is 5.97 Å². The summed E-state index contributed by atoms with van der Waals surface area (Å²) in [5.74, 6) is 0.626. The lowest BCUT2D eigenvalue weighted by Gasteiger charge is -2.18. The van der Waals surface area contributed by atoms with Crippen LogP contribution in [0.1, 0.15) is 25.0 Å². The lowest BCUT2D eigenvalue weighted by Crippen LogP contribution is -2.12. The first kappa shape index (κ1) is 18.6. The number of pyridine rings is 1. The van der Waals surface area contributed by atoms with Crippen LogP contribution in [0, 0.1) is 5.92 Å². The molecular weight excluding hydrogens is 320 g/mol. The molecule has 2 rings (SSSR count). The van der Waals surface area contributed by atoms with E-state index in [4.69, 9.17) is 14.6 Å². The number of hydrogen-bond acceptors (Lipinski definition) is 5. The molecule has 0 bridgehead atoms. The van der Waals surface area contributed by atoms with Crippen molar-refractivity contribution in [3.8, 4) is 11.5 Å². The van der Waals surface area contributed by atoms with Gasteiger partial charge in [0.1, 0.15) is 6.61 Å². The molecule has 0 aliphatic rings. The van der Waals surface area contributed by atoms with Crippen LogP contribution < -0.4 is 14.8 Å². The van der Waals surface area contributed by atoms with Gasteiger partial charge in [0.2, 0.25) is 0 Å². The van der Waals surface area contributed by atoms with Crippen molar-refractivity contribution in [2.24, 2.45) is 5.92 Å². The molecule has 6 heteroatoms. The molecule has 6 nitrogen and oxygen atoms in total. The monoisotopic (exact) mass is 344 g/mol. The number of carboxylic acid groups (broad SMARTS) is 1. The van der Waals surface area contributed by atoms with Gasteiger partial charge in [-0.05, 0) is 35.2 Å². The second-order valence-corrected chi connectivity index (χ2v) is 6.15. The van der Waals surface area contributed by atoms with Gasteiger partial charge in [0.25, 0.3) is 0 Å². The average molecular weight is 344 g/mol. The minimum absolute atomic E-state index is 0.0819. The zero-order valence-electron chi connectivity index (χ0n) is 14.8. The summed E-state index contributed by atoms with van der Waals surface area (Å²) >= 11 is 0. The molecule has 1 aromatic heterocycles. The number of hydrogen-bond donors (Lipinski definition) is 2. The first-order chi connectivity index (χ1) is 12.0. The summed E-state index contributed by atoms with van der Waals surface area (Å²) < 4.78 is 11.3. The molecule has 0 amide bonds. The molecule has 2 N–H and O–H groups in total. The summed E-state index contributed by atoms with van der Waals surface area (Å²) in [5, 5.41) is 12.4. The SMILES string of the molecule is COc1cc(CC(=O)O)c(NCC(C)C)cc1OCc1ccncc1. The number of carboxylic acids is 1. The highest BCUT2D eigenvalue weighted by atomic mass is 16.5. The van der Waals surface area contributed by atoms with E-state index in [1.165, 1.54) is 0 Å². The van der Waals surface area contributed by atoms with Crippen molar-refractivity contribution in [1.29, 1.82) is 0 Å². The van der Waals surface area contributed by atoms with Crippen molar-refractivity contribution in [3.05, 3.63) is 47.8 Å². The van der Waals surface area contributed by atoms with E-state index in [0.717, 1.165) is 17.8 Å². The van der Waals surface area contributed by atoms with Crippen molar-refractivity contribution in [2.45, 2.75) is 26.9 Å². The fraction of sp³-hybridized carbons (Fsp3) is 0.368. The van der Waals surface area contributed by atoms with Crippen LogP contribution in [0.15, 0.2) is 36.7 Å². The summed E-state index contributed by atoms with van der Waals surface area (Å²) in [7, 11) is 1.54. The molecule has 0 fully saturated rings. The van der Waals surface area contributed by atoms with Crippen molar-refractivity contribution < 1.29 is 19.4 Å². The summed E-state index contributed by atoms with van der Waals surface area (Å²) in [4.78, 5) is 15.1. The van der Waals surface area contributed by atoms with Gasteiger partial charge in [0.05, 0.1) is 13.5 Å². The van der Waals surface area contributed by atoms with Crippen molar-refractivity contribution in [1.82, 2.24) is 4.98 Å². The molecule has 0 saturated carbocycles. The zero-order chi connectivity index (χ0) is 18.2. The van der Waals surface area contributed by atoms with E-state index in [1.807, 2.05) is 12.1 Å². The maximum atomic E-state index is 11.1. The number of rotatable bonds is 9. The molecule has 0 aliphatic heterocycles. The van der Waals surface area contributed by atoms with Crippen molar-refractivity contribution in [2.75, 3.05) is 19.0 Å². The predicted molar refractivity (Wildman–Crippen MR) is 96.2 cm³/mol. The Kier molecular flexibility index (Phi) is 6.62. The Labute approximate surface area is 147 Å². The molecular formula is C19H24N2O4. The van der Waals surface area contributed by atoms with E-state index < -0.39 is 5.97 Å². The number of benzene rings is 1. The highest BCUT2D eigenvalue weighted by Crippen LogP contribution is 2.34. The summed E-state index contributed by atoms with van der Waals surface area (Å²) in [6, 6.07) is 7.28. The normalized spacial score (nSPS) is 10.6. The number of aliphatic carboxylic acids is 1. The van der Waals surface area contributed by atoms with E-state index in [2.05, 4.69) is 24.1 Å². The lowest BCUT2D eigenvalue weighted by molar-refractivity contribution is -0.136.